The lowest BCUT2D eigenvalue weighted by molar-refractivity contribution is -0.120. The molecule has 26 heavy (non-hydrogen) atoms. The SMILES string of the molecule is C[C@H](Sc1ccccc1)C(=O)NN=C(c1ccccc1)c1ccccc1. The van der Waals surface area contributed by atoms with Crippen molar-refractivity contribution in [2.45, 2.75) is 17.1 Å². The molecule has 0 spiro atoms. The Morgan fingerprint density at radius 1 is 0.808 bits per heavy atom. The Labute approximate surface area is 158 Å². The van der Waals surface area contributed by atoms with E-state index in [0.29, 0.717) is 0 Å². The monoisotopic (exact) mass is 360 g/mol. The third-order valence-corrected chi connectivity index (χ3v) is 4.91. The van der Waals surface area contributed by atoms with E-state index in [1.54, 1.807) is 0 Å². The molecule has 0 radical (unpaired) electrons. The Balaban J connectivity index is 1.77. The summed E-state index contributed by atoms with van der Waals surface area (Å²) in [4.78, 5) is 13.5. The first-order valence-electron chi connectivity index (χ1n) is 8.44. The number of hydrogen-bond acceptors (Lipinski definition) is 3. The van der Waals surface area contributed by atoms with Crippen molar-refractivity contribution in [1.82, 2.24) is 5.43 Å². The molecule has 3 aromatic carbocycles. The van der Waals surface area contributed by atoms with Crippen LogP contribution in [0, 0.1) is 0 Å². The highest BCUT2D eigenvalue weighted by molar-refractivity contribution is 8.00. The molecule has 130 valence electrons. The highest BCUT2D eigenvalue weighted by Gasteiger charge is 2.15. The number of benzene rings is 3. The van der Waals surface area contributed by atoms with Crippen molar-refractivity contribution in [3.8, 4) is 0 Å². The standard InChI is InChI=1S/C22H20N2OS/c1-17(26-20-15-9-4-10-16-20)22(25)24-23-21(18-11-5-2-6-12-18)19-13-7-3-8-14-19/h2-17H,1H3,(H,24,25)/t17-/m0/s1. The normalized spacial score (nSPS) is 11.4. The van der Waals surface area contributed by atoms with Gasteiger partial charge in [-0.3, -0.25) is 4.79 Å². The van der Waals surface area contributed by atoms with Gasteiger partial charge in [-0.25, -0.2) is 5.43 Å². The predicted molar refractivity (Wildman–Crippen MR) is 108 cm³/mol. The van der Waals surface area contributed by atoms with Crippen LogP contribution >= 0.6 is 11.8 Å². The summed E-state index contributed by atoms with van der Waals surface area (Å²) in [6.45, 7) is 1.88. The van der Waals surface area contributed by atoms with Crippen molar-refractivity contribution in [3.05, 3.63) is 102 Å². The molecule has 0 saturated carbocycles. The average Bonchev–Trinajstić information content (AvgIpc) is 2.70. The fourth-order valence-corrected chi connectivity index (χ4v) is 3.33. The van der Waals surface area contributed by atoms with Gasteiger partial charge in [-0.15, -0.1) is 11.8 Å². The third kappa shape index (κ3) is 4.83. The van der Waals surface area contributed by atoms with Crippen molar-refractivity contribution in [2.24, 2.45) is 5.10 Å². The Morgan fingerprint density at radius 3 is 1.77 bits per heavy atom. The molecular weight excluding hydrogens is 340 g/mol. The summed E-state index contributed by atoms with van der Waals surface area (Å²) >= 11 is 1.51. The van der Waals surface area contributed by atoms with Crippen LogP contribution in [0.4, 0.5) is 0 Å². The lowest BCUT2D eigenvalue weighted by atomic mass is 10.0. The van der Waals surface area contributed by atoms with Gasteiger partial charge in [-0.2, -0.15) is 5.10 Å². The number of nitrogens with zero attached hydrogens (tertiary/aromatic N) is 1. The maximum atomic E-state index is 12.5. The zero-order valence-corrected chi connectivity index (χ0v) is 15.3. The quantitative estimate of drug-likeness (QED) is 0.392. The Hall–Kier alpha value is -2.85. The summed E-state index contributed by atoms with van der Waals surface area (Å²) in [5.41, 5.74) is 5.40. The molecule has 3 nitrogen and oxygen atoms in total. The summed E-state index contributed by atoms with van der Waals surface area (Å²) in [5.74, 6) is -0.122. The number of hydrazone groups is 1. The van der Waals surface area contributed by atoms with E-state index >= 15 is 0 Å². The van der Waals surface area contributed by atoms with Crippen molar-refractivity contribution in [2.75, 3.05) is 0 Å². The van der Waals surface area contributed by atoms with Gasteiger partial charge in [-0.05, 0) is 19.1 Å². The zero-order valence-electron chi connectivity index (χ0n) is 14.5. The molecule has 0 aliphatic carbocycles. The first kappa shape index (κ1) is 18.0. The zero-order chi connectivity index (χ0) is 18.2. The minimum absolute atomic E-state index is 0.122. The van der Waals surface area contributed by atoms with Gasteiger partial charge in [0.2, 0.25) is 0 Å². The first-order chi connectivity index (χ1) is 12.7. The summed E-state index contributed by atoms with van der Waals surface area (Å²) in [7, 11) is 0. The van der Waals surface area contributed by atoms with E-state index in [2.05, 4.69) is 10.5 Å². The van der Waals surface area contributed by atoms with Crippen LogP contribution in [-0.2, 0) is 4.79 Å². The topological polar surface area (TPSA) is 41.5 Å². The lowest BCUT2D eigenvalue weighted by Crippen LogP contribution is -2.28. The minimum Gasteiger partial charge on any atom is -0.272 e. The molecule has 1 atom stereocenters. The number of thioether (sulfide) groups is 1. The molecule has 0 bridgehead atoms. The van der Waals surface area contributed by atoms with Gasteiger partial charge in [0, 0.05) is 16.0 Å². The molecule has 0 fully saturated rings. The highest BCUT2D eigenvalue weighted by atomic mass is 32.2. The molecule has 0 unspecified atom stereocenters. The molecule has 0 aromatic heterocycles. The summed E-state index contributed by atoms with van der Waals surface area (Å²) in [6, 6.07) is 29.6. The maximum Gasteiger partial charge on any atom is 0.253 e. The minimum atomic E-state index is -0.242. The number of carbonyl (C=O) groups is 1. The lowest BCUT2D eigenvalue weighted by Gasteiger charge is -2.11. The number of carbonyl (C=O) groups excluding carboxylic acids is 1. The van der Waals surface area contributed by atoms with E-state index < -0.39 is 0 Å². The summed E-state index contributed by atoms with van der Waals surface area (Å²) in [5, 5.41) is 4.19. The Kier molecular flexibility index (Phi) is 6.23. The second-order valence-electron chi connectivity index (χ2n) is 5.74. The van der Waals surface area contributed by atoms with Crippen LogP contribution in [-0.4, -0.2) is 16.9 Å². The van der Waals surface area contributed by atoms with Crippen LogP contribution < -0.4 is 5.43 Å². The molecule has 1 amide bonds. The molecule has 0 heterocycles. The van der Waals surface area contributed by atoms with Crippen molar-refractivity contribution >= 4 is 23.4 Å². The fourth-order valence-electron chi connectivity index (χ4n) is 2.45. The molecule has 3 aromatic rings. The fraction of sp³-hybridized carbons (Fsp3) is 0.0909. The molecular formula is C22H20N2OS. The number of rotatable bonds is 6. The van der Waals surface area contributed by atoms with E-state index in [0.717, 1.165) is 21.7 Å². The smallest absolute Gasteiger partial charge is 0.253 e. The summed E-state index contributed by atoms with van der Waals surface area (Å²) < 4.78 is 0. The van der Waals surface area contributed by atoms with E-state index in [9.17, 15) is 4.79 Å². The molecule has 0 aliphatic heterocycles. The van der Waals surface area contributed by atoms with Gasteiger partial charge in [0.1, 0.15) is 0 Å². The van der Waals surface area contributed by atoms with Crippen LogP contribution in [0.5, 0.6) is 0 Å². The van der Waals surface area contributed by atoms with E-state index in [1.807, 2.05) is 97.9 Å². The first-order valence-corrected chi connectivity index (χ1v) is 9.32. The summed E-state index contributed by atoms with van der Waals surface area (Å²) in [6.07, 6.45) is 0. The van der Waals surface area contributed by atoms with Gasteiger partial charge in [0.15, 0.2) is 0 Å². The van der Waals surface area contributed by atoms with Gasteiger partial charge in [-0.1, -0.05) is 78.9 Å². The van der Waals surface area contributed by atoms with Crippen LogP contribution in [0.25, 0.3) is 0 Å². The van der Waals surface area contributed by atoms with Gasteiger partial charge in [0.25, 0.3) is 5.91 Å². The number of amides is 1. The largest absolute Gasteiger partial charge is 0.272 e. The molecule has 0 aliphatic rings. The Bertz CT molecular complexity index is 823. The second-order valence-corrected chi connectivity index (χ2v) is 7.16. The Morgan fingerprint density at radius 2 is 1.27 bits per heavy atom. The van der Waals surface area contributed by atoms with Crippen LogP contribution in [0.1, 0.15) is 18.1 Å². The van der Waals surface area contributed by atoms with Crippen molar-refractivity contribution < 1.29 is 4.79 Å². The van der Waals surface area contributed by atoms with E-state index in [4.69, 9.17) is 0 Å². The molecule has 4 heteroatoms. The van der Waals surface area contributed by atoms with E-state index in [1.165, 1.54) is 11.8 Å². The number of nitrogens with one attached hydrogen (secondary N) is 1. The predicted octanol–water partition coefficient (Wildman–Crippen LogP) is 4.74. The number of hydrogen-bond donors (Lipinski definition) is 1. The molecule has 0 saturated heterocycles. The van der Waals surface area contributed by atoms with Crippen LogP contribution in [0.2, 0.25) is 0 Å². The molecule has 1 N–H and O–H groups in total. The van der Waals surface area contributed by atoms with Crippen molar-refractivity contribution in [1.29, 1.82) is 0 Å². The van der Waals surface area contributed by atoms with E-state index in [-0.39, 0.29) is 11.2 Å². The van der Waals surface area contributed by atoms with Gasteiger partial charge >= 0.3 is 0 Å². The second kappa shape index (κ2) is 9.02. The average molecular weight is 360 g/mol. The maximum absolute atomic E-state index is 12.5. The third-order valence-electron chi connectivity index (χ3n) is 3.80. The van der Waals surface area contributed by atoms with Crippen LogP contribution in [0.3, 0.4) is 0 Å². The van der Waals surface area contributed by atoms with Gasteiger partial charge in [0.05, 0.1) is 11.0 Å². The van der Waals surface area contributed by atoms with Crippen molar-refractivity contribution in [3.63, 3.8) is 0 Å². The molecule has 3 rings (SSSR count). The highest BCUT2D eigenvalue weighted by Crippen LogP contribution is 2.22. The van der Waals surface area contributed by atoms with Crippen LogP contribution in [0.15, 0.2) is 101 Å². The van der Waals surface area contributed by atoms with Gasteiger partial charge < -0.3 is 0 Å².